The summed E-state index contributed by atoms with van der Waals surface area (Å²) < 4.78 is 44.2. The number of para-hydroxylation sites is 1. The molecule has 0 aliphatic carbocycles. The summed E-state index contributed by atoms with van der Waals surface area (Å²) in [4.78, 5) is 12.6. The van der Waals surface area contributed by atoms with Crippen LogP contribution in [0.25, 0.3) is 0 Å². The molecule has 1 atom stereocenters. The summed E-state index contributed by atoms with van der Waals surface area (Å²) in [6.07, 6.45) is -5.74. The van der Waals surface area contributed by atoms with Crippen LogP contribution in [0.4, 0.5) is 18.9 Å². The maximum Gasteiger partial charge on any atom is 0.390 e. The van der Waals surface area contributed by atoms with Crippen molar-refractivity contribution < 1.29 is 22.7 Å². The highest BCUT2D eigenvalue weighted by atomic mass is 19.4. The number of anilines is 1. The number of halogens is 3. The molecule has 6 heteroatoms. The number of amides is 1. The van der Waals surface area contributed by atoms with Crippen LogP contribution >= 0.6 is 0 Å². The van der Waals surface area contributed by atoms with Gasteiger partial charge in [0.15, 0.2) is 0 Å². The first-order chi connectivity index (χ1) is 11.2. The lowest BCUT2D eigenvalue weighted by atomic mass is 9.78. The first kappa shape index (κ1) is 17.8. The van der Waals surface area contributed by atoms with Crippen LogP contribution in [-0.2, 0) is 10.2 Å². The van der Waals surface area contributed by atoms with Crippen molar-refractivity contribution in [3.8, 4) is 5.75 Å². The molecule has 1 N–H and O–H groups in total. The molecule has 24 heavy (non-hydrogen) atoms. The summed E-state index contributed by atoms with van der Waals surface area (Å²) in [5.41, 5.74) is -1.03. The van der Waals surface area contributed by atoms with Crippen LogP contribution in [0.5, 0.6) is 5.75 Å². The molecule has 2 rings (SSSR count). The van der Waals surface area contributed by atoms with Gasteiger partial charge >= 0.3 is 6.18 Å². The normalized spacial score (nSPS) is 13.9. The molecule has 2 aromatic rings. The van der Waals surface area contributed by atoms with E-state index in [9.17, 15) is 18.0 Å². The van der Waals surface area contributed by atoms with Gasteiger partial charge in [0, 0.05) is 5.69 Å². The maximum atomic E-state index is 13.1. The van der Waals surface area contributed by atoms with Gasteiger partial charge in [-0.3, -0.25) is 4.79 Å². The number of methoxy groups -OCH3 is 1. The molecular formula is C18H18F3NO2. The molecule has 0 radical (unpaired) electrons. The molecule has 0 bridgehead atoms. The Bertz CT molecular complexity index is 684. The number of ether oxygens (including phenoxy) is 1. The van der Waals surface area contributed by atoms with Crippen LogP contribution in [0.1, 0.15) is 18.9 Å². The number of alkyl halides is 3. The Hall–Kier alpha value is -2.50. The molecule has 0 saturated carbocycles. The zero-order valence-corrected chi connectivity index (χ0v) is 13.4. The summed E-state index contributed by atoms with van der Waals surface area (Å²) in [6.45, 7) is 1.29. The molecule has 0 spiro atoms. The molecule has 1 amide bonds. The Labute approximate surface area is 138 Å². The van der Waals surface area contributed by atoms with E-state index in [1.165, 1.54) is 26.2 Å². The van der Waals surface area contributed by atoms with Crippen LogP contribution in [0.2, 0.25) is 0 Å². The second-order valence-electron chi connectivity index (χ2n) is 5.67. The van der Waals surface area contributed by atoms with Gasteiger partial charge in [-0.15, -0.1) is 0 Å². The highest BCUT2D eigenvalue weighted by Crippen LogP contribution is 2.38. The van der Waals surface area contributed by atoms with Gasteiger partial charge < -0.3 is 10.1 Å². The second kappa shape index (κ2) is 6.95. The summed E-state index contributed by atoms with van der Waals surface area (Å²) in [5.74, 6) is -0.201. The van der Waals surface area contributed by atoms with E-state index in [1.54, 1.807) is 42.5 Å². The van der Waals surface area contributed by atoms with Crippen LogP contribution in [0.3, 0.4) is 0 Å². The molecule has 3 nitrogen and oxygen atoms in total. The molecule has 128 valence electrons. The summed E-state index contributed by atoms with van der Waals surface area (Å²) >= 11 is 0. The molecule has 0 saturated heterocycles. The molecule has 0 aliphatic heterocycles. The van der Waals surface area contributed by atoms with Gasteiger partial charge in [0.05, 0.1) is 18.9 Å². The third-order valence-corrected chi connectivity index (χ3v) is 3.81. The molecule has 2 aromatic carbocycles. The van der Waals surface area contributed by atoms with Gasteiger partial charge in [-0.25, -0.2) is 0 Å². The van der Waals surface area contributed by atoms with Crippen LogP contribution in [-0.4, -0.2) is 19.2 Å². The fourth-order valence-corrected chi connectivity index (χ4v) is 2.46. The molecule has 0 aliphatic rings. The quantitative estimate of drug-likeness (QED) is 0.870. The minimum absolute atomic E-state index is 0.272. The fraction of sp³-hybridized carbons (Fsp3) is 0.278. The highest BCUT2D eigenvalue weighted by Gasteiger charge is 2.45. The number of carbonyl (C=O) groups is 1. The molecule has 0 fully saturated rings. The van der Waals surface area contributed by atoms with E-state index >= 15 is 0 Å². The van der Waals surface area contributed by atoms with Gasteiger partial charge in [-0.1, -0.05) is 30.3 Å². The van der Waals surface area contributed by atoms with E-state index in [0.29, 0.717) is 11.4 Å². The third-order valence-electron chi connectivity index (χ3n) is 3.81. The summed E-state index contributed by atoms with van der Waals surface area (Å²) in [5, 5.41) is 2.56. The Morgan fingerprint density at radius 1 is 1.04 bits per heavy atom. The first-order valence-electron chi connectivity index (χ1n) is 7.32. The first-order valence-corrected chi connectivity index (χ1v) is 7.32. The topological polar surface area (TPSA) is 38.3 Å². The SMILES string of the molecule is COc1ccc(C(C)(CC(F)(F)F)C(=O)Nc2ccccc2)cc1. The summed E-state index contributed by atoms with van der Waals surface area (Å²) in [7, 11) is 1.46. The number of nitrogens with one attached hydrogen (secondary N) is 1. The zero-order chi connectivity index (χ0) is 17.8. The number of hydrogen-bond donors (Lipinski definition) is 1. The van der Waals surface area contributed by atoms with E-state index in [2.05, 4.69) is 5.32 Å². The smallest absolute Gasteiger partial charge is 0.390 e. The van der Waals surface area contributed by atoms with Crippen LogP contribution in [0.15, 0.2) is 54.6 Å². The van der Waals surface area contributed by atoms with Crippen molar-refractivity contribution in [1.82, 2.24) is 0 Å². The van der Waals surface area contributed by atoms with Crippen molar-refractivity contribution in [2.24, 2.45) is 0 Å². The van der Waals surface area contributed by atoms with Crippen molar-refractivity contribution in [2.75, 3.05) is 12.4 Å². The number of rotatable bonds is 5. The predicted molar refractivity (Wildman–Crippen MR) is 86.1 cm³/mol. The minimum Gasteiger partial charge on any atom is -0.497 e. The molecule has 1 unspecified atom stereocenters. The second-order valence-corrected chi connectivity index (χ2v) is 5.67. The number of carbonyl (C=O) groups excluding carboxylic acids is 1. The van der Waals surface area contributed by atoms with Crippen molar-refractivity contribution in [1.29, 1.82) is 0 Å². The fourth-order valence-electron chi connectivity index (χ4n) is 2.46. The Morgan fingerprint density at radius 2 is 1.62 bits per heavy atom. The lowest BCUT2D eigenvalue weighted by Gasteiger charge is -2.30. The van der Waals surface area contributed by atoms with Crippen molar-refractivity contribution >= 4 is 11.6 Å². The van der Waals surface area contributed by atoms with Gasteiger partial charge in [-0.05, 0) is 36.8 Å². The summed E-state index contributed by atoms with van der Waals surface area (Å²) in [6, 6.07) is 14.5. The van der Waals surface area contributed by atoms with Crippen LogP contribution in [0, 0.1) is 0 Å². The zero-order valence-electron chi connectivity index (χ0n) is 13.4. The lowest BCUT2D eigenvalue weighted by molar-refractivity contribution is -0.155. The Morgan fingerprint density at radius 3 is 2.12 bits per heavy atom. The van der Waals surface area contributed by atoms with E-state index in [4.69, 9.17) is 4.74 Å². The Kier molecular flexibility index (Phi) is 5.17. The minimum atomic E-state index is -4.48. The monoisotopic (exact) mass is 337 g/mol. The maximum absolute atomic E-state index is 13.1. The molecule has 0 heterocycles. The van der Waals surface area contributed by atoms with E-state index in [1.807, 2.05) is 0 Å². The average molecular weight is 337 g/mol. The predicted octanol–water partition coefficient (Wildman–Crippen LogP) is 4.54. The van der Waals surface area contributed by atoms with Gasteiger partial charge in [0.2, 0.25) is 5.91 Å². The largest absolute Gasteiger partial charge is 0.497 e. The highest BCUT2D eigenvalue weighted by molar-refractivity contribution is 5.99. The number of benzene rings is 2. The van der Waals surface area contributed by atoms with Gasteiger partial charge in [0.25, 0.3) is 0 Å². The van der Waals surface area contributed by atoms with E-state index in [0.717, 1.165) is 0 Å². The molecule has 0 aromatic heterocycles. The van der Waals surface area contributed by atoms with Crippen molar-refractivity contribution in [3.05, 3.63) is 60.2 Å². The number of hydrogen-bond acceptors (Lipinski definition) is 2. The standard InChI is InChI=1S/C18H18F3NO2/c1-17(12-18(19,20)21,13-8-10-15(24-2)11-9-13)16(23)22-14-6-4-3-5-7-14/h3-11H,12H2,1-2H3,(H,22,23). The molecular weight excluding hydrogens is 319 g/mol. The van der Waals surface area contributed by atoms with E-state index < -0.39 is 23.9 Å². The third kappa shape index (κ3) is 4.28. The van der Waals surface area contributed by atoms with Crippen LogP contribution < -0.4 is 10.1 Å². The van der Waals surface area contributed by atoms with Gasteiger partial charge in [-0.2, -0.15) is 13.2 Å². The average Bonchev–Trinajstić information content (AvgIpc) is 2.54. The van der Waals surface area contributed by atoms with Gasteiger partial charge in [0.1, 0.15) is 5.75 Å². The van der Waals surface area contributed by atoms with E-state index in [-0.39, 0.29) is 5.56 Å². The Balaban J connectivity index is 2.36. The van der Waals surface area contributed by atoms with Crippen molar-refractivity contribution in [2.45, 2.75) is 24.9 Å². The van der Waals surface area contributed by atoms with Crippen molar-refractivity contribution in [3.63, 3.8) is 0 Å². The lowest BCUT2D eigenvalue weighted by Crippen LogP contribution is -2.41.